The average Bonchev–Trinajstić information content (AvgIpc) is 2.89. The van der Waals surface area contributed by atoms with E-state index in [1.807, 2.05) is 0 Å². The van der Waals surface area contributed by atoms with Gasteiger partial charge in [0.2, 0.25) is 5.89 Å². The summed E-state index contributed by atoms with van der Waals surface area (Å²) in [6, 6.07) is 6.55. The Balaban J connectivity index is 1.59. The van der Waals surface area contributed by atoms with Crippen LogP contribution in [0, 0.1) is 17.8 Å². The smallest absolute Gasteiger partial charge is 0.201 e. The molecule has 0 radical (unpaired) electrons. The third kappa shape index (κ3) is 1.82. The molecule has 1 heterocycles. The van der Waals surface area contributed by atoms with Crippen molar-refractivity contribution in [3.05, 3.63) is 29.7 Å². The second-order valence-electron chi connectivity index (χ2n) is 8.60. The fourth-order valence-corrected chi connectivity index (χ4v) is 5.90. The summed E-state index contributed by atoms with van der Waals surface area (Å²) in [6.45, 7) is 4.47. The van der Waals surface area contributed by atoms with E-state index >= 15 is 0 Å². The highest BCUT2D eigenvalue weighted by molar-refractivity contribution is 5.73. The van der Waals surface area contributed by atoms with Crippen molar-refractivity contribution in [2.45, 2.75) is 63.7 Å². The van der Waals surface area contributed by atoms with E-state index in [0.717, 1.165) is 34.7 Å². The molecule has 4 saturated carbocycles. The Kier molecular flexibility index (Phi) is 2.61. The van der Waals surface area contributed by atoms with Gasteiger partial charge in [-0.2, -0.15) is 0 Å². The SMILES string of the molecule is CC(C)c1ccc2oc(C34CC5CC(CC(C5)C3)C4)nc2c1. The van der Waals surface area contributed by atoms with Gasteiger partial charge in [-0.25, -0.2) is 4.98 Å². The summed E-state index contributed by atoms with van der Waals surface area (Å²) >= 11 is 0. The second kappa shape index (κ2) is 4.37. The van der Waals surface area contributed by atoms with Crippen molar-refractivity contribution in [1.82, 2.24) is 4.98 Å². The molecule has 4 fully saturated rings. The van der Waals surface area contributed by atoms with Gasteiger partial charge in [-0.15, -0.1) is 0 Å². The molecular weight excluding hydrogens is 270 g/mol. The summed E-state index contributed by atoms with van der Waals surface area (Å²) in [5.41, 5.74) is 3.68. The first-order valence-electron chi connectivity index (χ1n) is 9.02. The number of benzene rings is 1. The summed E-state index contributed by atoms with van der Waals surface area (Å²) in [4.78, 5) is 4.98. The third-order valence-corrected chi connectivity index (χ3v) is 6.57. The molecule has 4 aliphatic carbocycles. The van der Waals surface area contributed by atoms with Crippen LogP contribution in [-0.4, -0.2) is 4.98 Å². The standard InChI is InChI=1S/C20H25NO/c1-12(2)16-3-4-18-17(8-16)21-19(22-18)20-9-13-5-14(10-20)7-15(6-13)11-20/h3-4,8,12-15H,5-7,9-11H2,1-2H3. The maximum atomic E-state index is 6.28. The summed E-state index contributed by atoms with van der Waals surface area (Å²) < 4.78 is 6.28. The van der Waals surface area contributed by atoms with Crippen LogP contribution in [0.3, 0.4) is 0 Å². The normalized spacial score (nSPS) is 36.6. The molecule has 4 aliphatic rings. The molecule has 0 amide bonds. The van der Waals surface area contributed by atoms with Crippen LogP contribution in [0.15, 0.2) is 22.6 Å². The van der Waals surface area contributed by atoms with Crippen molar-refractivity contribution in [2.24, 2.45) is 17.8 Å². The van der Waals surface area contributed by atoms with E-state index in [0.29, 0.717) is 5.92 Å². The first-order valence-corrected chi connectivity index (χ1v) is 9.02. The van der Waals surface area contributed by atoms with Gasteiger partial charge in [0.25, 0.3) is 0 Å². The zero-order valence-electron chi connectivity index (χ0n) is 13.6. The molecule has 6 rings (SSSR count). The minimum Gasteiger partial charge on any atom is -0.440 e. The third-order valence-electron chi connectivity index (χ3n) is 6.57. The minimum absolute atomic E-state index is 0.270. The van der Waals surface area contributed by atoms with E-state index in [2.05, 4.69) is 32.0 Å². The number of oxazole rings is 1. The van der Waals surface area contributed by atoms with Gasteiger partial charge in [0, 0.05) is 5.41 Å². The molecule has 2 nitrogen and oxygen atoms in total. The van der Waals surface area contributed by atoms with E-state index in [4.69, 9.17) is 9.40 Å². The monoisotopic (exact) mass is 295 g/mol. The number of nitrogens with zero attached hydrogens (tertiary/aromatic N) is 1. The van der Waals surface area contributed by atoms with Crippen LogP contribution in [0.2, 0.25) is 0 Å². The number of aromatic nitrogens is 1. The summed E-state index contributed by atoms with van der Waals surface area (Å²) in [5, 5.41) is 0. The van der Waals surface area contributed by atoms with Gasteiger partial charge < -0.3 is 4.42 Å². The lowest BCUT2D eigenvalue weighted by Gasteiger charge is -2.55. The number of hydrogen-bond acceptors (Lipinski definition) is 2. The summed E-state index contributed by atoms with van der Waals surface area (Å²) in [6.07, 6.45) is 8.37. The first kappa shape index (κ1) is 13.2. The van der Waals surface area contributed by atoms with Gasteiger partial charge in [0.15, 0.2) is 5.58 Å². The molecule has 0 aliphatic heterocycles. The van der Waals surface area contributed by atoms with Gasteiger partial charge >= 0.3 is 0 Å². The molecule has 22 heavy (non-hydrogen) atoms. The first-order chi connectivity index (χ1) is 10.6. The van der Waals surface area contributed by atoms with Crippen LogP contribution in [0.4, 0.5) is 0 Å². The Morgan fingerprint density at radius 1 is 1.05 bits per heavy atom. The van der Waals surface area contributed by atoms with Gasteiger partial charge in [0.05, 0.1) is 0 Å². The number of fused-ring (bicyclic) bond motifs is 1. The van der Waals surface area contributed by atoms with Gasteiger partial charge in [-0.1, -0.05) is 19.9 Å². The molecule has 0 spiro atoms. The van der Waals surface area contributed by atoms with Crippen molar-refractivity contribution in [1.29, 1.82) is 0 Å². The molecule has 2 aromatic rings. The Labute approximate surface area is 132 Å². The molecule has 2 heteroatoms. The van der Waals surface area contributed by atoms with Crippen LogP contribution in [0.5, 0.6) is 0 Å². The molecule has 1 aromatic heterocycles. The Bertz CT molecular complexity index is 691. The molecule has 0 saturated heterocycles. The highest BCUT2D eigenvalue weighted by Crippen LogP contribution is 2.60. The lowest BCUT2D eigenvalue weighted by atomic mass is 9.49. The van der Waals surface area contributed by atoms with Crippen LogP contribution < -0.4 is 0 Å². The molecule has 0 unspecified atom stereocenters. The predicted molar refractivity (Wildman–Crippen MR) is 87.9 cm³/mol. The van der Waals surface area contributed by atoms with Crippen molar-refractivity contribution < 1.29 is 4.42 Å². The fraction of sp³-hybridized carbons (Fsp3) is 0.650. The molecule has 4 bridgehead atoms. The van der Waals surface area contributed by atoms with E-state index in [1.54, 1.807) is 0 Å². The van der Waals surface area contributed by atoms with Gasteiger partial charge in [-0.05, 0) is 79.9 Å². The highest BCUT2D eigenvalue weighted by atomic mass is 16.3. The zero-order chi connectivity index (χ0) is 14.9. The lowest BCUT2D eigenvalue weighted by molar-refractivity contribution is -0.0170. The van der Waals surface area contributed by atoms with Crippen LogP contribution in [0.25, 0.3) is 11.1 Å². The average molecular weight is 295 g/mol. The topological polar surface area (TPSA) is 26.0 Å². The Morgan fingerprint density at radius 3 is 2.27 bits per heavy atom. The van der Waals surface area contributed by atoms with Crippen molar-refractivity contribution in [3.8, 4) is 0 Å². The molecule has 116 valence electrons. The summed E-state index contributed by atoms with van der Waals surface area (Å²) in [7, 11) is 0. The van der Waals surface area contributed by atoms with Gasteiger partial charge in [-0.3, -0.25) is 0 Å². The Morgan fingerprint density at radius 2 is 1.68 bits per heavy atom. The molecule has 1 aromatic carbocycles. The molecular formula is C20H25NO. The van der Waals surface area contributed by atoms with E-state index < -0.39 is 0 Å². The number of rotatable bonds is 2. The van der Waals surface area contributed by atoms with E-state index in [1.165, 1.54) is 44.1 Å². The maximum Gasteiger partial charge on any atom is 0.201 e. The van der Waals surface area contributed by atoms with Gasteiger partial charge in [0.1, 0.15) is 5.52 Å². The molecule has 0 atom stereocenters. The zero-order valence-corrected chi connectivity index (χ0v) is 13.6. The number of hydrogen-bond donors (Lipinski definition) is 0. The highest BCUT2D eigenvalue weighted by Gasteiger charge is 2.54. The maximum absolute atomic E-state index is 6.28. The van der Waals surface area contributed by atoms with Crippen molar-refractivity contribution >= 4 is 11.1 Å². The van der Waals surface area contributed by atoms with E-state index in [9.17, 15) is 0 Å². The second-order valence-corrected chi connectivity index (χ2v) is 8.60. The quantitative estimate of drug-likeness (QED) is 0.739. The lowest BCUT2D eigenvalue weighted by Crippen LogP contribution is -2.48. The fourth-order valence-electron chi connectivity index (χ4n) is 5.90. The minimum atomic E-state index is 0.270. The van der Waals surface area contributed by atoms with Crippen LogP contribution >= 0.6 is 0 Å². The van der Waals surface area contributed by atoms with Crippen LogP contribution in [0.1, 0.15) is 69.7 Å². The van der Waals surface area contributed by atoms with E-state index in [-0.39, 0.29) is 5.41 Å². The largest absolute Gasteiger partial charge is 0.440 e. The predicted octanol–water partition coefficient (Wildman–Crippen LogP) is 5.42. The van der Waals surface area contributed by atoms with Crippen LogP contribution in [-0.2, 0) is 5.41 Å². The van der Waals surface area contributed by atoms with Crippen molar-refractivity contribution in [2.75, 3.05) is 0 Å². The Hall–Kier alpha value is -1.31. The summed E-state index contributed by atoms with van der Waals surface area (Å²) in [5.74, 6) is 4.42. The molecule has 0 N–H and O–H groups in total. The van der Waals surface area contributed by atoms with Crippen molar-refractivity contribution in [3.63, 3.8) is 0 Å².